The Kier molecular flexibility index (Phi) is 5.77. The first-order valence-corrected chi connectivity index (χ1v) is 11.2. The fourth-order valence-electron chi connectivity index (χ4n) is 3.54. The highest BCUT2D eigenvalue weighted by molar-refractivity contribution is 7.07. The molecule has 5 rings (SSSR count). The minimum absolute atomic E-state index is 0.0719. The van der Waals surface area contributed by atoms with Gasteiger partial charge in [-0.25, -0.2) is 14.6 Å². The zero-order chi connectivity index (χ0) is 22.6. The number of nitrogens with zero attached hydrogens (tertiary/aromatic N) is 6. The molecule has 0 saturated carbocycles. The lowest BCUT2D eigenvalue weighted by molar-refractivity contribution is -0.119. The second-order valence-corrected chi connectivity index (χ2v) is 8.13. The van der Waals surface area contributed by atoms with Crippen LogP contribution in [0.3, 0.4) is 0 Å². The second kappa shape index (κ2) is 9.17. The maximum atomic E-state index is 13.4. The molecule has 0 aliphatic heterocycles. The standard InChI is InChI=1S/C24H20N6O2S/c1-32-24-25-12-19(13-26-24)18-6-8-20(9-7-18)29(14-17-10-11-33-16-17)23(31)15-30-22-5-3-2-4-21(22)27-28-30/h2-13,16H,14-15H2,1H3. The lowest BCUT2D eigenvalue weighted by Gasteiger charge is -2.23. The first kappa shape index (κ1) is 20.8. The van der Waals surface area contributed by atoms with Gasteiger partial charge in [0.15, 0.2) is 0 Å². The minimum atomic E-state index is -0.0719. The van der Waals surface area contributed by atoms with Gasteiger partial charge in [-0.15, -0.1) is 5.10 Å². The predicted molar refractivity (Wildman–Crippen MR) is 127 cm³/mol. The molecule has 0 radical (unpaired) electrons. The summed E-state index contributed by atoms with van der Waals surface area (Å²) < 4.78 is 6.66. The lowest BCUT2D eigenvalue weighted by atomic mass is 10.1. The van der Waals surface area contributed by atoms with Gasteiger partial charge in [-0.1, -0.05) is 29.5 Å². The molecule has 0 atom stereocenters. The molecular formula is C24H20N6O2S. The second-order valence-electron chi connectivity index (χ2n) is 7.35. The van der Waals surface area contributed by atoms with Crippen LogP contribution in [0.4, 0.5) is 5.69 Å². The number of rotatable bonds is 7. The van der Waals surface area contributed by atoms with E-state index in [4.69, 9.17) is 4.74 Å². The number of carbonyl (C=O) groups excluding carboxylic acids is 1. The molecule has 9 heteroatoms. The van der Waals surface area contributed by atoms with Gasteiger partial charge in [-0.2, -0.15) is 11.3 Å². The van der Waals surface area contributed by atoms with Gasteiger partial charge < -0.3 is 9.64 Å². The lowest BCUT2D eigenvalue weighted by Crippen LogP contribution is -2.33. The number of thiophene rings is 1. The van der Waals surface area contributed by atoms with Crippen molar-refractivity contribution in [1.82, 2.24) is 25.0 Å². The molecule has 164 valence electrons. The number of carbonyl (C=O) groups is 1. The summed E-state index contributed by atoms with van der Waals surface area (Å²) >= 11 is 1.61. The van der Waals surface area contributed by atoms with Crippen molar-refractivity contribution in [3.8, 4) is 17.1 Å². The average molecular weight is 457 g/mol. The maximum absolute atomic E-state index is 13.4. The predicted octanol–water partition coefficient (Wildman–Crippen LogP) is 4.19. The molecule has 0 fully saturated rings. The van der Waals surface area contributed by atoms with Crippen LogP contribution in [0.5, 0.6) is 6.01 Å². The van der Waals surface area contributed by atoms with Crippen LogP contribution in [0.1, 0.15) is 5.56 Å². The summed E-state index contributed by atoms with van der Waals surface area (Å²) in [5.41, 5.74) is 5.29. The topological polar surface area (TPSA) is 86.0 Å². The van der Waals surface area contributed by atoms with Gasteiger partial charge in [0, 0.05) is 23.6 Å². The Morgan fingerprint density at radius 3 is 2.55 bits per heavy atom. The largest absolute Gasteiger partial charge is 0.467 e. The fourth-order valence-corrected chi connectivity index (χ4v) is 4.20. The summed E-state index contributed by atoms with van der Waals surface area (Å²) in [6.45, 7) is 0.568. The highest BCUT2D eigenvalue weighted by Crippen LogP contribution is 2.25. The highest BCUT2D eigenvalue weighted by atomic mass is 32.1. The normalized spacial score (nSPS) is 10.9. The van der Waals surface area contributed by atoms with Crippen molar-refractivity contribution in [3.63, 3.8) is 0 Å². The van der Waals surface area contributed by atoms with Crippen LogP contribution in [-0.2, 0) is 17.9 Å². The third kappa shape index (κ3) is 4.44. The van der Waals surface area contributed by atoms with E-state index in [0.29, 0.717) is 12.6 Å². The SMILES string of the molecule is COc1ncc(-c2ccc(N(Cc3ccsc3)C(=O)Cn3nnc4ccccc43)cc2)cn1. The number of ether oxygens (including phenoxy) is 1. The van der Waals surface area contributed by atoms with Crippen LogP contribution in [-0.4, -0.2) is 38.0 Å². The van der Waals surface area contributed by atoms with Crippen LogP contribution in [0, 0.1) is 0 Å². The Morgan fingerprint density at radius 1 is 1.03 bits per heavy atom. The van der Waals surface area contributed by atoms with E-state index in [1.165, 1.54) is 7.11 Å². The number of fused-ring (bicyclic) bond motifs is 1. The first-order valence-electron chi connectivity index (χ1n) is 10.3. The minimum Gasteiger partial charge on any atom is -0.467 e. The van der Waals surface area contributed by atoms with Crippen molar-refractivity contribution in [3.05, 3.63) is 83.3 Å². The summed E-state index contributed by atoms with van der Waals surface area (Å²) in [6, 6.07) is 17.7. The molecule has 8 nitrogen and oxygen atoms in total. The monoisotopic (exact) mass is 456 g/mol. The van der Waals surface area contributed by atoms with Gasteiger partial charge in [-0.3, -0.25) is 4.79 Å². The number of amides is 1. The quantitative estimate of drug-likeness (QED) is 0.365. The molecule has 33 heavy (non-hydrogen) atoms. The maximum Gasteiger partial charge on any atom is 0.316 e. The van der Waals surface area contributed by atoms with Crippen molar-refractivity contribution >= 4 is 34.0 Å². The summed E-state index contributed by atoms with van der Waals surface area (Å²) in [5.74, 6) is -0.0719. The van der Waals surface area contributed by atoms with Crippen molar-refractivity contribution in [1.29, 1.82) is 0 Å². The molecule has 0 saturated heterocycles. The molecule has 2 aromatic carbocycles. The fraction of sp³-hybridized carbons (Fsp3) is 0.125. The molecule has 0 N–H and O–H groups in total. The van der Waals surface area contributed by atoms with Crippen molar-refractivity contribution in [2.75, 3.05) is 12.0 Å². The van der Waals surface area contributed by atoms with E-state index in [2.05, 4.69) is 20.3 Å². The van der Waals surface area contributed by atoms with Gasteiger partial charge in [0.05, 0.1) is 19.2 Å². The van der Waals surface area contributed by atoms with E-state index in [-0.39, 0.29) is 12.5 Å². The Hall–Kier alpha value is -4.11. The van der Waals surface area contributed by atoms with Crippen LogP contribution in [0.15, 0.2) is 77.8 Å². The third-order valence-corrected chi connectivity index (χ3v) is 5.98. The Labute approximate surface area is 194 Å². The molecule has 1 amide bonds. The first-order chi connectivity index (χ1) is 16.2. The number of aromatic nitrogens is 5. The smallest absolute Gasteiger partial charge is 0.316 e. The summed E-state index contributed by atoms with van der Waals surface area (Å²) in [4.78, 5) is 23.5. The molecule has 0 aliphatic rings. The van der Waals surface area contributed by atoms with E-state index in [9.17, 15) is 4.79 Å². The zero-order valence-corrected chi connectivity index (χ0v) is 18.6. The van der Waals surface area contributed by atoms with E-state index >= 15 is 0 Å². The van der Waals surface area contributed by atoms with E-state index in [0.717, 1.165) is 33.4 Å². The van der Waals surface area contributed by atoms with Crippen LogP contribution >= 0.6 is 11.3 Å². The molecule has 0 unspecified atom stereocenters. The van der Waals surface area contributed by atoms with E-state index in [1.54, 1.807) is 33.3 Å². The zero-order valence-electron chi connectivity index (χ0n) is 17.8. The molecular weight excluding hydrogens is 436 g/mol. The number of methoxy groups -OCH3 is 1. The molecule has 3 aromatic heterocycles. The highest BCUT2D eigenvalue weighted by Gasteiger charge is 2.19. The Morgan fingerprint density at radius 2 is 1.82 bits per heavy atom. The number of hydrogen-bond donors (Lipinski definition) is 0. The molecule has 0 aliphatic carbocycles. The van der Waals surface area contributed by atoms with E-state index < -0.39 is 0 Å². The van der Waals surface area contributed by atoms with Gasteiger partial charge >= 0.3 is 6.01 Å². The average Bonchev–Trinajstić information content (AvgIpc) is 3.53. The van der Waals surface area contributed by atoms with Crippen molar-refractivity contribution < 1.29 is 9.53 Å². The van der Waals surface area contributed by atoms with Gasteiger partial charge in [-0.05, 0) is 52.2 Å². The number of hydrogen-bond acceptors (Lipinski definition) is 7. The molecule has 5 aromatic rings. The Bertz CT molecular complexity index is 1360. The summed E-state index contributed by atoms with van der Waals surface area (Å²) in [6.07, 6.45) is 3.43. The number of benzene rings is 2. The summed E-state index contributed by atoms with van der Waals surface area (Å²) in [5, 5.41) is 12.4. The Balaban J connectivity index is 1.42. The number of para-hydroxylation sites is 1. The number of anilines is 1. The van der Waals surface area contributed by atoms with E-state index in [1.807, 2.05) is 65.4 Å². The molecule has 0 bridgehead atoms. The van der Waals surface area contributed by atoms with Crippen molar-refractivity contribution in [2.45, 2.75) is 13.1 Å². The third-order valence-electron chi connectivity index (χ3n) is 5.25. The van der Waals surface area contributed by atoms with Gasteiger partial charge in [0.25, 0.3) is 0 Å². The molecule has 0 spiro atoms. The van der Waals surface area contributed by atoms with Crippen LogP contribution in [0.2, 0.25) is 0 Å². The molecule has 3 heterocycles. The van der Waals surface area contributed by atoms with Gasteiger partial charge in [0.1, 0.15) is 12.1 Å². The van der Waals surface area contributed by atoms with Crippen LogP contribution < -0.4 is 9.64 Å². The summed E-state index contributed by atoms with van der Waals surface area (Å²) in [7, 11) is 1.53. The van der Waals surface area contributed by atoms with Gasteiger partial charge in [0.2, 0.25) is 5.91 Å². The van der Waals surface area contributed by atoms with Crippen LogP contribution in [0.25, 0.3) is 22.2 Å². The van der Waals surface area contributed by atoms with Crippen molar-refractivity contribution in [2.24, 2.45) is 0 Å².